The molecule has 0 unspecified atom stereocenters. The summed E-state index contributed by atoms with van der Waals surface area (Å²) < 4.78 is 5.67. The Hall–Kier alpha value is -2.76. The summed E-state index contributed by atoms with van der Waals surface area (Å²) in [6.07, 6.45) is 11.2. The number of aliphatic hydroxyl groups excluding tert-OH is 1. The van der Waals surface area contributed by atoms with Crippen molar-refractivity contribution in [2.45, 2.75) is 58.7 Å². The van der Waals surface area contributed by atoms with E-state index in [2.05, 4.69) is 13.0 Å². The van der Waals surface area contributed by atoms with Gasteiger partial charge in [0.1, 0.15) is 5.60 Å². The Morgan fingerprint density at radius 1 is 1.19 bits per heavy atom. The average molecular weight is 439 g/mol. The van der Waals surface area contributed by atoms with Crippen LogP contribution < -0.4 is 0 Å². The van der Waals surface area contributed by atoms with Crippen LogP contribution in [-0.4, -0.2) is 40.3 Å². The van der Waals surface area contributed by atoms with E-state index in [1.165, 1.54) is 24.6 Å². The number of hydrogen-bond acceptors (Lipinski definition) is 5. The molecule has 0 amide bonds. The molecule has 172 valence electrons. The van der Waals surface area contributed by atoms with Gasteiger partial charge in [-0.2, -0.15) is 0 Å². The van der Waals surface area contributed by atoms with Gasteiger partial charge in [-0.15, -0.1) is 0 Å². The summed E-state index contributed by atoms with van der Waals surface area (Å²) >= 11 is 0. The van der Waals surface area contributed by atoms with E-state index in [4.69, 9.17) is 4.74 Å². The summed E-state index contributed by atoms with van der Waals surface area (Å²) in [5.41, 5.74) is -0.120. The summed E-state index contributed by atoms with van der Waals surface area (Å²) in [5, 5.41) is 20.8. The summed E-state index contributed by atoms with van der Waals surface area (Å²) in [5.74, 6) is -0.940. The zero-order valence-electron chi connectivity index (χ0n) is 19.4. The van der Waals surface area contributed by atoms with Crippen molar-refractivity contribution in [3.8, 4) is 0 Å². The monoisotopic (exact) mass is 438 g/mol. The van der Waals surface area contributed by atoms with Gasteiger partial charge in [0.05, 0.1) is 12.2 Å². The minimum atomic E-state index is -1.62. The summed E-state index contributed by atoms with van der Waals surface area (Å²) in [6, 6.07) is 8.57. The molecule has 0 fully saturated rings. The Bertz CT molecular complexity index is 917. The molecule has 0 saturated carbocycles. The number of allylic oxidation sites excluding steroid dienone is 5. The third kappa shape index (κ3) is 7.43. The number of hydrogen-bond donors (Lipinski definition) is 2. The van der Waals surface area contributed by atoms with Gasteiger partial charge >= 0.3 is 5.97 Å². The first kappa shape index (κ1) is 25.5. The summed E-state index contributed by atoms with van der Waals surface area (Å²) in [4.78, 5) is 25.2. The van der Waals surface area contributed by atoms with Crippen LogP contribution in [0.1, 0.15) is 57.3 Å². The van der Waals surface area contributed by atoms with Crippen LogP contribution >= 0.6 is 0 Å². The van der Waals surface area contributed by atoms with Crippen LogP contribution in [0.15, 0.2) is 77.9 Å². The van der Waals surface area contributed by atoms with Gasteiger partial charge in [0.25, 0.3) is 0 Å². The number of ketones is 1. The van der Waals surface area contributed by atoms with Crippen molar-refractivity contribution in [3.05, 3.63) is 83.5 Å². The highest BCUT2D eigenvalue weighted by Gasteiger charge is 2.33. The van der Waals surface area contributed by atoms with Crippen molar-refractivity contribution in [1.29, 1.82) is 0 Å². The first-order chi connectivity index (χ1) is 15.1. The molecule has 0 bridgehead atoms. The van der Waals surface area contributed by atoms with Crippen molar-refractivity contribution in [1.82, 2.24) is 0 Å². The Morgan fingerprint density at radius 2 is 1.88 bits per heavy atom. The van der Waals surface area contributed by atoms with Gasteiger partial charge in [-0.25, -0.2) is 4.79 Å². The van der Waals surface area contributed by atoms with E-state index in [0.717, 1.165) is 12.8 Å². The standard InChI is InChI=1S/C27H34O5/c1-20(2)9-8-15-26(3)16-12-22(19-28)23(29)13-18-27(4,31)24(14-17-26)32-25(30)21-10-6-5-7-11-21/h5-7,9-14,17-18,24,28,31H,8,15-16,19H2,1-4H3/b17-14?,18-13+,22-12-/t24-,26+,27-/m1/s1. The van der Waals surface area contributed by atoms with Crippen molar-refractivity contribution < 1.29 is 24.5 Å². The molecule has 5 heteroatoms. The second-order valence-corrected chi connectivity index (χ2v) is 9.04. The van der Waals surface area contributed by atoms with E-state index in [1.807, 2.05) is 19.9 Å². The van der Waals surface area contributed by atoms with E-state index in [-0.39, 0.29) is 23.4 Å². The van der Waals surface area contributed by atoms with Gasteiger partial charge in [-0.05, 0) is 75.8 Å². The minimum Gasteiger partial charge on any atom is -0.451 e. The summed E-state index contributed by atoms with van der Waals surface area (Å²) in [7, 11) is 0. The third-order valence-corrected chi connectivity index (χ3v) is 5.63. The highest BCUT2D eigenvalue weighted by molar-refractivity contribution is 6.04. The zero-order valence-corrected chi connectivity index (χ0v) is 19.4. The van der Waals surface area contributed by atoms with E-state index < -0.39 is 17.7 Å². The fourth-order valence-corrected chi connectivity index (χ4v) is 3.42. The highest BCUT2D eigenvalue weighted by Crippen LogP contribution is 2.33. The Balaban J connectivity index is 2.43. The number of aliphatic hydroxyl groups is 2. The molecule has 32 heavy (non-hydrogen) atoms. The molecule has 0 radical (unpaired) electrons. The SMILES string of the molecule is CC(C)=CCC[C@]1(C)C=C[C@@H](OC(=O)c2ccccc2)[C@](C)(O)/C=C/C(=O)/C(CO)=C\C1. The molecule has 2 N–H and O–H groups in total. The molecule has 3 atom stereocenters. The van der Waals surface area contributed by atoms with Gasteiger partial charge in [0.15, 0.2) is 11.9 Å². The van der Waals surface area contributed by atoms with Crippen molar-refractivity contribution in [2.75, 3.05) is 6.61 Å². The van der Waals surface area contributed by atoms with E-state index in [1.54, 1.807) is 42.5 Å². The van der Waals surface area contributed by atoms with Crippen LogP contribution in [-0.2, 0) is 9.53 Å². The van der Waals surface area contributed by atoms with Crippen molar-refractivity contribution >= 4 is 11.8 Å². The van der Waals surface area contributed by atoms with Crippen LogP contribution in [0.4, 0.5) is 0 Å². The third-order valence-electron chi connectivity index (χ3n) is 5.63. The number of carbonyl (C=O) groups excluding carboxylic acids is 2. The fraction of sp³-hybridized carbons (Fsp3) is 0.407. The first-order valence-corrected chi connectivity index (χ1v) is 10.9. The smallest absolute Gasteiger partial charge is 0.338 e. The second-order valence-electron chi connectivity index (χ2n) is 9.04. The predicted octanol–water partition coefficient (Wildman–Crippen LogP) is 4.72. The molecule has 1 aliphatic rings. The molecule has 5 nitrogen and oxygen atoms in total. The molecular weight excluding hydrogens is 404 g/mol. The van der Waals surface area contributed by atoms with Crippen molar-refractivity contribution in [2.24, 2.45) is 5.41 Å². The van der Waals surface area contributed by atoms with Crippen LogP contribution in [0.5, 0.6) is 0 Å². The maximum absolute atomic E-state index is 12.7. The van der Waals surface area contributed by atoms with Gasteiger partial charge in [0.2, 0.25) is 0 Å². The lowest BCUT2D eigenvalue weighted by atomic mass is 9.80. The lowest BCUT2D eigenvalue weighted by Crippen LogP contribution is -2.40. The van der Waals surface area contributed by atoms with E-state index in [9.17, 15) is 19.8 Å². The van der Waals surface area contributed by atoms with E-state index >= 15 is 0 Å². The molecule has 1 aromatic rings. The largest absolute Gasteiger partial charge is 0.451 e. The Labute approximate surface area is 190 Å². The van der Waals surface area contributed by atoms with Crippen LogP contribution in [0.3, 0.4) is 0 Å². The maximum atomic E-state index is 12.7. The van der Waals surface area contributed by atoms with Gasteiger partial charge < -0.3 is 14.9 Å². The molecule has 0 spiro atoms. The molecular formula is C27H34O5. The van der Waals surface area contributed by atoms with Gasteiger partial charge in [-0.3, -0.25) is 4.79 Å². The minimum absolute atomic E-state index is 0.276. The zero-order chi connectivity index (χ0) is 23.8. The molecule has 0 aromatic heterocycles. The molecule has 2 rings (SSSR count). The average Bonchev–Trinajstić information content (AvgIpc) is 2.76. The normalized spacial score (nSPS) is 28.8. The number of rotatable bonds is 6. The summed E-state index contributed by atoms with van der Waals surface area (Å²) in [6.45, 7) is 7.24. The molecule has 1 aliphatic carbocycles. The molecule has 0 aliphatic heterocycles. The Morgan fingerprint density at radius 3 is 2.50 bits per heavy atom. The topological polar surface area (TPSA) is 83.8 Å². The maximum Gasteiger partial charge on any atom is 0.338 e. The quantitative estimate of drug-likeness (QED) is 0.496. The van der Waals surface area contributed by atoms with Crippen LogP contribution in [0, 0.1) is 5.41 Å². The highest BCUT2D eigenvalue weighted by atomic mass is 16.6. The van der Waals surface area contributed by atoms with E-state index in [0.29, 0.717) is 12.0 Å². The van der Waals surface area contributed by atoms with Gasteiger partial charge in [0, 0.05) is 5.57 Å². The van der Waals surface area contributed by atoms with Crippen LogP contribution in [0.2, 0.25) is 0 Å². The molecule has 0 saturated heterocycles. The number of carbonyl (C=O) groups is 2. The predicted molar refractivity (Wildman–Crippen MR) is 126 cm³/mol. The molecule has 0 heterocycles. The lowest BCUT2D eigenvalue weighted by Gasteiger charge is -2.30. The Kier molecular flexibility index (Phi) is 8.93. The molecule has 1 aromatic carbocycles. The second kappa shape index (κ2) is 11.2. The number of esters is 1. The fourth-order valence-electron chi connectivity index (χ4n) is 3.42. The van der Waals surface area contributed by atoms with Crippen LogP contribution in [0.25, 0.3) is 0 Å². The number of ether oxygens (including phenoxy) is 1. The van der Waals surface area contributed by atoms with Gasteiger partial charge in [-0.1, -0.05) is 48.9 Å². The lowest BCUT2D eigenvalue weighted by molar-refractivity contribution is -0.111. The van der Waals surface area contributed by atoms with Crippen molar-refractivity contribution in [3.63, 3.8) is 0 Å². The number of benzene rings is 1. The first-order valence-electron chi connectivity index (χ1n) is 10.9.